The number of nitrogens with one attached hydrogen (secondary N) is 1. The Morgan fingerprint density at radius 3 is 2.68 bits per heavy atom. The zero-order valence-corrected chi connectivity index (χ0v) is 14.1. The Hall–Kier alpha value is -1.39. The fourth-order valence-corrected chi connectivity index (χ4v) is 3.07. The topological polar surface area (TPSA) is 35.6 Å². The minimum Gasteiger partial charge on any atom is -0.338 e. The Bertz CT molecular complexity index is 455. The molecule has 4 heteroatoms. The van der Waals surface area contributed by atoms with Crippen molar-refractivity contribution < 1.29 is 4.79 Å². The maximum Gasteiger partial charge on any atom is 0.236 e. The fourth-order valence-electron chi connectivity index (χ4n) is 3.07. The van der Waals surface area contributed by atoms with E-state index in [0.29, 0.717) is 12.6 Å². The lowest BCUT2D eigenvalue weighted by Crippen LogP contribution is -2.42. The van der Waals surface area contributed by atoms with Gasteiger partial charge in [0, 0.05) is 13.1 Å². The van der Waals surface area contributed by atoms with Gasteiger partial charge in [-0.1, -0.05) is 30.3 Å². The van der Waals surface area contributed by atoms with Gasteiger partial charge >= 0.3 is 0 Å². The molecule has 1 aliphatic rings. The van der Waals surface area contributed by atoms with Crippen LogP contribution in [-0.2, 0) is 4.79 Å². The largest absolute Gasteiger partial charge is 0.338 e. The van der Waals surface area contributed by atoms with E-state index in [0.717, 1.165) is 19.5 Å². The molecule has 2 unspecified atom stereocenters. The summed E-state index contributed by atoms with van der Waals surface area (Å²) in [5.74, 6) is 0.191. The molecule has 1 heterocycles. The first kappa shape index (κ1) is 17.0. The molecule has 2 atom stereocenters. The molecule has 22 heavy (non-hydrogen) atoms. The summed E-state index contributed by atoms with van der Waals surface area (Å²) in [7, 11) is 3.98. The normalized spacial score (nSPS) is 20.5. The molecule has 1 aliphatic heterocycles. The molecule has 2 rings (SSSR count). The third-order valence-corrected chi connectivity index (χ3v) is 4.81. The number of carbonyl (C=O) groups excluding carboxylic acids is 1. The van der Waals surface area contributed by atoms with Gasteiger partial charge in [-0.2, -0.15) is 0 Å². The highest BCUT2D eigenvalue weighted by molar-refractivity contribution is 5.78. The number of nitrogens with zero attached hydrogens (tertiary/aromatic N) is 2. The van der Waals surface area contributed by atoms with Crippen LogP contribution in [0.4, 0.5) is 0 Å². The highest BCUT2D eigenvalue weighted by Gasteiger charge is 2.22. The minimum absolute atomic E-state index is 0.109. The second kappa shape index (κ2) is 8.30. The Kier molecular flexibility index (Phi) is 6.40. The summed E-state index contributed by atoms with van der Waals surface area (Å²) in [6.45, 7) is 4.74. The molecule has 0 saturated carbocycles. The van der Waals surface area contributed by atoms with Crippen LogP contribution in [0.5, 0.6) is 0 Å². The minimum atomic E-state index is 0.109. The smallest absolute Gasteiger partial charge is 0.236 e. The summed E-state index contributed by atoms with van der Waals surface area (Å²) in [6, 6.07) is 10.8. The number of amides is 1. The van der Waals surface area contributed by atoms with Crippen LogP contribution in [0, 0.1) is 0 Å². The number of likely N-dealkylation sites (N-methyl/N-ethyl adjacent to an activating group) is 2. The molecule has 122 valence electrons. The molecule has 0 aromatic heterocycles. The SMILES string of the molecule is CC(c1ccccc1)N(C)C(=O)CN(C)C1CCCNCC1. The summed E-state index contributed by atoms with van der Waals surface area (Å²) in [4.78, 5) is 16.7. The zero-order chi connectivity index (χ0) is 15.9. The van der Waals surface area contributed by atoms with E-state index in [1.54, 1.807) is 0 Å². The van der Waals surface area contributed by atoms with Crippen molar-refractivity contribution in [3.05, 3.63) is 35.9 Å². The molecule has 0 spiro atoms. The summed E-state index contributed by atoms with van der Waals surface area (Å²) in [5, 5.41) is 3.43. The Labute approximate surface area is 134 Å². The summed E-state index contributed by atoms with van der Waals surface area (Å²) in [6.07, 6.45) is 3.50. The highest BCUT2D eigenvalue weighted by atomic mass is 16.2. The van der Waals surface area contributed by atoms with Gasteiger partial charge in [-0.3, -0.25) is 9.69 Å². The number of rotatable bonds is 5. The van der Waals surface area contributed by atoms with Crippen LogP contribution in [0.2, 0.25) is 0 Å². The number of hydrogen-bond donors (Lipinski definition) is 1. The molecule has 0 aliphatic carbocycles. The molecule has 1 aromatic rings. The van der Waals surface area contributed by atoms with Gasteiger partial charge in [0.2, 0.25) is 5.91 Å². The molecular formula is C18H29N3O. The Morgan fingerprint density at radius 2 is 1.95 bits per heavy atom. The van der Waals surface area contributed by atoms with Gasteiger partial charge in [-0.25, -0.2) is 0 Å². The van der Waals surface area contributed by atoms with E-state index >= 15 is 0 Å². The van der Waals surface area contributed by atoms with E-state index in [-0.39, 0.29) is 11.9 Å². The van der Waals surface area contributed by atoms with Gasteiger partial charge in [0.15, 0.2) is 0 Å². The van der Waals surface area contributed by atoms with Crippen molar-refractivity contribution in [3.8, 4) is 0 Å². The highest BCUT2D eigenvalue weighted by Crippen LogP contribution is 2.19. The van der Waals surface area contributed by atoms with E-state index in [9.17, 15) is 4.79 Å². The van der Waals surface area contributed by atoms with Crippen molar-refractivity contribution in [1.82, 2.24) is 15.1 Å². The summed E-state index contributed by atoms with van der Waals surface area (Å²) >= 11 is 0. The first-order valence-electron chi connectivity index (χ1n) is 8.31. The van der Waals surface area contributed by atoms with Crippen LogP contribution in [0.1, 0.15) is 37.8 Å². The van der Waals surface area contributed by atoms with Crippen LogP contribution in [0.15, 0.2) is 30.3 Å². The second-order valence-electron chi connectivity index (χ2n) is 6.34. The van der Waals surface area contributed by atoms with Gasteiger partial charge in [0.05, 0.1) is 12.6 Å². The maximum atomic E-state index is 12.6. The lowest BCUT2D eigenvalue weighted by atomic mass is 10.1. The lowest BCUT2D eigenvalue weighted by Gasteiger charge is -2.31. The average Bonchev–Trinajstić information content (AvgIpc) is 2.83. The van der Waals surface area contributed by atoms with E-state index in [1.165, 1.54) is 18.4 Å². The Morgan fingerprint density at radius 1 is 1.23 bits per heavy atom. The maximum absolute atomic E-state index is 12.6. The zero-order valence-electron chi connectivity index (χ0n) is 14.1. The molecule has 1 aromatic carbocycles. The summed E-state index contributed by atoms with van der Waals surface area (Å²) < 4.78 is 0. The van der Waals surface area contributed by atoms with E-state index in [1.807, 2.05) is 30.1 Å². The van der Waals surface area contributed by atoms with E-state index in [4.69, 9.17) is 0 Å². The fraction of sp³-hybridized carbons (Fsp3) is 0.611. The van der Waals surface area contributed by atoms with Crippen molar-refractivity contribution >= 4 is 5.91 Å². The van der Waals surface area contributed by atoms with Gasteiger partial charge < -0.3 is 10.2 Å². The molecule has 1 saturated heterocycles. The van der Waals surface area contributed by atoms with Crippen molar-refractivity contribution in [2.24, 2.45) is 0 Å². The van der Waals surface area contributed by atoms with Crippen molar-refractivity contribution in [1.29, 1.82) is 0 Å². The van der Waals surface area contributed by atoms with E-state index < -0.39 is 0 Å². The van der Waals surface area contributed by atoms with Crippen LogP contribution in [0.3, 0.4) is 0 Å². The predicted molar refractivity (Wildman–Crippen MR) is 90.8 cm³/mol. The second-order valence-corrected chi connectivity index (χ2v) is 6.34. The first-order chi connectivity index (χ1) is 10.6. The molecule has 1 fully saturated rings. The van der Waals surface area contributed by atoms with Crippen LogP contribution in [-0.4, -0.2) is 55.5 Å². The summed E-state index contributed by atoms with van der Waals surface area (Å²) in [5.41, 5.74) is 1.18. The first-order valence-corrected chi connectivity index (χ1v) is 8.31. The molecular weight excluding hydrogens is 274 g/mol. The van der Waals surface area contributed by atoms with Crippen LogP contribution < -0.4 is 5.32 Å². The lowest BCUT2D eigenvalue weighted by molar-refractivity contribution is -0.133. The quantitative estimate of drug-likeness (QED) is 0.906. The van der Waals surface area contributed by atoms with Crippen molar-refractivity contribution in [2.75, 3.05) is 33.7 Å². The Balaban J connectivity index is 1.90. The molecule has 4 nitrogen and oxygen atoms in total. The molecule has 0 bridgehead atoms. The van der Waals surface area contributed by atoms with Crippen LogP contribution in [0.25, 0.3) is 0 Å². The number of hydrogen-bond acceptors (Lipinski definition) is 3. The van der Waals surface area contributed by atoms with Crippen molar-refractivity contribution in [3.63, 3.8) is 0 Å². The van der Waals surface area contributed by atoms with Crippen LogP contribution >= 0.6 is 0 Å². The van der Waals surface area contributed by atoms with Gasteiger partial charge in [0.1, 0.15) is 0 Å². The standard InChI is InChI=1S/C18H29N3O/c1-15(16-8-5-4-6-9-16)21(3)18(22)14-20(2)17-10-7-12-19-13-11-17/h4-6,8-9,15,17,19H,7,10-14H2,1-3H3. The van der Waals surface area contributed by atoms with Crippen molar-refractivity contribution in [2.45, 2.75) is 38.3 Å². The van der Waals surface area contributed by atoms with E-state index in [2.05, 4.69) is 36.3 Å². The predicted octanol–water partition coefficient (Wildman–Crippen LogP) is 2.28. The van der Waals surface area contributed by atoms with Gasteiger partial charge in [-0.15, -0.1) is 0 Å². The molecule has 0 radical (unpaired) electrons. The molecule has 1 amide bonds. The number of benzene rings is 1. The average molecular weight is 303 g/mol. The third kappa shape index (κ3) is 4.55. The molecule has 1 N–H and O–H groups in total. The van der Waals surface area contributed by atoms with Gasteiger partial charge in [0.25, 0.3) is 0 Å². The third-order valence-electron chi connectivity index (χ3n) is 4.81. The number of carbonyl (C=O) groups is 1. The van der Waals surface area contributed by atoms with Gasteiger partial charge in [-0.05, 0) is 51.9 Å². The monoisotopic (exact) mass is 303 g/mol.